The summed E-state index contributed by atoms with van der Waals surface area (Å²) in [5.41, 5.74) is 2.79. The van der Waals surface area contributed by atoms with Crippen molar-refractivity contribution in [3.63, 3.8) is 0 Å². The molecule has 3 heterocycles. The Morgan fingerprint density at radius 1 is 1.00 bits per heavy atom. The lowest BCUT2D eigenvalue weighted by Crippen LogP contribution is -2.33. The van der Waals surface area contributed by atoms with Gasteiger partial charge in [0.25, 0.3) is 10.0 Å². The van der Waals surface area contributed by atoms with Crippen LogP contribution in [-0.2, 0) is 21.4 Å². The Balaban J connectivity index is 1.57. The number of sulfonamides is 1. The quantitative estimate of drug-likeness (QED) is 0.784. The molecule has 0 N–H and O–H groups in total. The van der Waals surface area contributed by atoms with Crippen LogP contribution >= 0.6 is 0 Å². The molecular weight excluding hydrogens is 374 g/mol. The van der Waals surface area contributed by atoms with Crippen LogP contribution in [0.4, 0.5) is 0 Å². The molecule has 0 spiro atoms. The van der Waals surface area contributed by atoms with Crippen molar-refractivity contribution in [2.45, 2.75) is 24.4 Å². The molecule has 7 heteroatoms. The molecule has 2 aromatic carbocycles. The van der Waals surface area contributed by atoms with Crippen LogP contribution in [0.2, 0.25) is 0 Å². The molecular formula is C21H21N3O3S. The van der Waals surface area contributed by atoms with E-state index in [-0.39, 0.29) is 17.9 Å². The molecule has 28 heavy (non-hydrogen) atoms. The summed E-state index contributed by atoms with van der Waals surface area (Å²) in [5.74, 6) is 0.0458. The third-order valence-corrected chi connectivity index (χ3v) is 7.55. The van der Waals surface area contributed by atoms with Crippen molar-refractivity contribution in [2.75, 3.05) is 13.1 Å². The summed E-state index contributed by atoms with van der Waals surface area (Å²) in [6.45, 7) is 3.33. The highest BCUT2D eigenvalue weighted by Crippen LogP contribution is 2.42. The van der Waals surface area contributed by atoms with Crippen LogP contribution in [0.15, 0.2) is 71.3 Å². The second kappa shape index (κ2) is 6.18. The van der Waals surface area contributed by atoms with Gasteiger partial charge in [-0.2, -0.15) is 0 Å². The van der Waals surface area contributed by atoms with E-state index in [4.69, 9.17) is 0 Å². The molecule has 2 saturated heterocycles. The number of hydrazine groups is 1. The van der Waals surface area contributed by atoms with Crippen LogP contribution in [-0.4, -0.2) is 41.7 Å². The Bertz CT molecular complexity index is 1080. The summed E-state index contributed by atoms with van der Waals surface area (Å²) >= 11 is 0. The van der Waals surface area contributed by atoms with Gasteiger partial charge in [0.2, 0.25) is 5.91 Å². The first-order chi connectivity index (χ1) is 13.5. The normalized spacial score (nSPS) is 27.5. The summed E-state index contributed by atoms with van der Waals surface area (Å²) in [4.78, 5) is 12.9. The Morgan fingerprint density at radius 2 is 1.71 bits per heavy atom. The molecule has 2 aromatic rings. The molecule has 3 aliphatic rings. The average Bonchev–Trinajstić information content (AvgIpc) is 3.26. The Labute approximate surface area is 164 Å². The van der Waals surface area contributed by atoms with E-state index >= 15 is 0 Å². The number of carbonyl (C=O) groups is 1. The van der Waals surface area contributed by atoms with Crippen LogP contribution < -0.4 is 0 Å². The number of fused-ring (bicyclic) bond motifs is 2. The van der Waals surface area contributed by atoms with E-state index in [9.17, 15) is 13.2 Å². The van der Waals surface area contributed by atoms with Crippen molar-refractivity contribution in [1.29, 1.82) is 0 Å². The fraction of sp³-hybridized carbons (Fsp3) is 0.286. The zero-order valence-corrected chi connectivity index (χ0v) is 16.3. The van der Waals surface area contributed by atoms with Crippen molar-refractivity contribution in [3.05, 3.63) is 77.5 Å². The fourth-order valence-corrected chi connectivity index (χ4v) is 5.95. The molecule has 5 rings (SSSR count). The number of nitrogens with zero attached hydrogens (tertiary/aromatic N) is 3. The molecule has 1 amide bonds. The van der Waals surface area contributed by atoms with Gasteiger partial charge in [-0.15, -0.1) is 0 Å². The fourth-order valence-electron chi connectivity index (χ4n) is 4.40. The second-order valence-corrected chi connectivity index (χ2v) is 9.45. The zero-order chi connectivity index (χ0) is 19.5. The van der Waals surface area contributed by atoms with Crippen LogP contribution in [0.3, 0.4) is 0 Å². The van der Waals surface area contributed by atoms with E-state index in [0.717, 1.165) is 16.7 Å². The number of rotatable bonds is 2. The number of hydrogen-bond acceptors (Lipinski definition) is 4. The molecule has 0 bridgehead atoms. The number of amides is 1. The van der Waals surface area contributed by atoms with Gasteiger partial charge >= 0.3 is 0 Å². The van der Waals surface area contributed by atoms with Crippen molar-refractivity contribution in [2.24, 2.45) is 5.92 Å². The van der Waals surface area contributed by atoms with Gasteiger partial charge in [0.05, 0.1) is 29.9 Å². The summed E-state index contributed by atoms with van der Waals surface area (Å²) < 4.78 is 27.3. The molecule has 3 aliphatic heterocycles. The first-order valence-corrected chi connectivity index (χ1v) is 10.8. The summed E-state index contributed by atoms with van der Waals surface area (Å²) in [6.07, 6.45) is 1.74. The third-order valence-electron chi connectivity index (χ3n) is 5.74. The number of benzene rings is 2. The maximum atomic E-state index is 13.0. The zero-order valence-electron chi connectivity index (χ0n) is 15.5. The molecule has 6 nitrogen and oxygen atoms in total. The molecule has 0 saturated carbocycles. The molecule has 0 radical (unpaired) electrons. The largest absolute Gasteiger partial charge is 0.273 e. The van der Waals surface area contributed by atoms with Crippen molar-refractivity contribution >= 4 is 15.9 Å². The molecule has 0 aliphatic carbocycles. The van der Waals surface area contributed by atoms with E-state index in [1.807, 2.05) is 49.4 Å². The Kier molecular flexibility index (Phi) is 3.86. The highest BCUT2D eigenvalue weighted by molar-refractivity contribution is 7.89. The first-order valence-electron chi connectivity index (χ1n) is 9.40. The standard InChI is InChI=1S/C21H21N3O3S/c1-15-11-23-20(16-7-3-2-4-8-16)18(14-24(23)21(15)25)13-22-12-17-9-5-6-10-19(17)28(22,26)27/h2-10,13,15,20H,11-12,14H2,1H3/b18-13+. The van der Waals surface area contributed by atoms with Gasteiger partial charge in [-0.1, -0.05) is 55.5 Å². The molecule has 2 atom stereocenters. The topological polar surface area (TPSA) is 60.9 Å². The highest BCUT2D eigenvalue weighted by atomic mass is 32.2. The summed E-state index contributed by atoms with van der Waals surface area (Å²) in [7, 11) is -3.55. The van der Waals surface area contributed by atoms with E-state index in [2.05, 4.69) is 5.01 Å². The van der Waals surface area contributed by atoms with Crippen molar-refractivity contribution in [3.8, 4) is 0 Å². The van der Waals surface area contributed by atoms with Gasteiger partial charge in [0.15, 0.2) is 0 Å². The highest BCUT2D eigenvalue weighted by Gasteiger charge is 2.47. The van der Waals surface area contributed by atoms with Gasteiger partial charge in [-0.3, -0.25) is 14.1 Å². The monoisotopic (exact) mass is 395 g/mol. The predicted molar refractivity (Wildman–Crippen MR) is 104 cm³/mol. The van der Waals surface area contributed by atoms with Crippen LogP contribution in [0.5, 0.6) is 0 Å². The third kappa shape index (κ3) is 2.50. The van der Waals surface area contributed by atoms with E-state index in [0.29, 0.717) is 24.5 Å². The van der Waals surface area contributed by atoms with Crippen LogP contribution in [0.25, 0.3) is 0 Å². The predicted octanol–water partition coefficient (Wildman–Crippen LogP) is 2.53. The molecule has 2 unspecified atom stereocenters. The van der Waals surface area contributed by atoms with Gasteiger partial charge < -0.3 is 0 Å². The molecule has 144 valence electrons. The smallest absolute Gasteiger partial charge is 0.264 e. The van der Waals surface area contributed by atoms with Gasteiger partial charge in [-0.05, 0) is 22.8 Å². The number of hydrogen-bond donors (Lipinski definition) is 0. The summed E-state index contributed by atoms with van der Waals surface area (Å²) in [6, 6.07) is 16.9. The SMILES string of the molecule is CC1CN2C(c3ccccc3)/C(=C/N3Cc4ccccc4S3(=O)=O)CN2C1=O. The lowest BCUT2D eigenvalue weighted by Gasteiger charge is -2.25. The first kappa shape index (κ1) is 17.5. The number of carbonyl (C=O) groups excluding carboxylic acids is 1. The van der Waals surface area contributed by atoms with Crippen LogP contribution in [0.1, 0.15) is 24.1 Å². The van der Waals surface area contributed by atoms with Gasteiger partial charge in [-0.25, -0.2) is 13.4 Å². The maximum absolute atomic E-state index is 13.0. The lowest BCUT2D eigenvalue weighted by atomic mass is 9.99. The van der Waals surface area contributed by atoms with Crippen molar-refractivity contribution in [1.82, 2.24) is 14.3 Å². The Hall–Kier alpha value is -2.64. The van der Waals surface area contributed by atoms with Crippen LogP contribution in [0, 0.1) is 5.92 Å². The second-order valence-electron chi connectivity index (χ2n) is 7.59. The minimum Gasteiger partial charge on any atom is -0.273 e. The average molecular weight is 395 g/mol. The lowest BCUT2D eigenvalue weighted by molar-refractivity contribution is -0.137. The van der Waals surface area contributed by atoms with E-state index in [1.165, 1.54) is 4.31 Å². The van der Waals surface area contributed by atoms with Gasteiger partial charge in [0.1, 0.15) is 0 Å². The van der Waals surface area contributed by atoms with Gasteiger partial charge in [0, 0.05) is 12.7 Å². The Morgan fingerprint density at radius 3 is 2.46 bits per heavy atom. The minimum absolute atomic E-state index is 0.0486. The molecule has 2 fully saturated rings. The van der Waals surface area contributed by atoms with Crippen molar-refractivity contribution < 1.29 is 13.2 Å². The van der Waals surface area contributed by atoms with E-state index in [1.54, 1.807) is 23.3 Å². The van der Waals surface area contributed by atoms with E-state index < -0.39 is 10.0 Å². The maximum Gasteiger partial charge on any atom is 0.264 e. The minimum atomic E-state index is -3.55. The molecule has 0 aromatic heterocycles. The summed E-state index contributed by atoms with van der Waals surface area (Å²) in [5, 5.41) is 3.84.